The number of nitrogens with zero attached hydrogens (tertiary/aromatic N) is 2. The third-order valence-electron chi connectivity index (χ3n) is 4.67. The zero-order chi connectivity index (χ0) is 21.6. The molecule has 0 fully saturated rings. The lowest BCUT2D eigenvalue weighted by Gasteiger charge is -2.07. The van der Waals surface area contributed by atoms with Crippen molar-refractivity contribution in [2.45, 2.75) is 13.5 Å². The predicted molar refractivity (Wildman–Crippen MR) is 123 cm³/mol. The van der Waals surface area contributed by atoms with Crippen molar-refractivity contribution < 1.29 is 9.59 Å². The first-order valence-corrected chi connectivity index (χ1v) is 10.9. The Bertz CT molecular complexity index is 1180. The Balaban J connectivity index is 1.61. The molecule has 0 radical (unpaired) electrons. The van der Waals surface area contributed by atoms with Gasteiger partial charge in [-0.05, 0) is 42.1 Å². The average molecular weight is 431 g/mol. The number of hydrogen-bond acceptors (Lipinski definition) is 4. The molecule has 0 aliphatic rings. The molecule has 2 aromatic heterocycles. The highest BCUT2D eigenvalue weighted by Gasteiger charge is 2.19. The van der Waals surface area contributed by atoms with Gasteiger partial charge < -0.3 is 10.6 Å². The van der Waals surface area contributed by atoms with Gasteiger partial charge in [-0.1, -0.05) is 42.5 Å². The topological polar surface area (TPSA) is 76.0 Å². The Morgan fingerprint density at radius 3 is 2.58 bits per heavy atom. The van der Waals surface area contributed by atoms with Crippen molar-refractivity contribution in [1.82, 2.24) is 15.1 Å². The molecule has 156 valence electrons. The van der Waals surface area contributed by atoms with Crippen molar-refractivity contribution >= 4 is 28.8 Å². The largest absolute Gasteiger partial charge is 0.352 e. The number of carbonyl (C=O) groups excluding carboxylic acids is 2. The summed E-state index contributed by atoms with van der Waals surface area (Å²) in [4.78, 5) is 26.2. The van der Waals surface area contributed by atoms with E-state index >= 15 is 0 Å². The lowest BCUT2D eigenvalue weighted by atomic mass is 10.1. The number of aromatic nitrogens is 2. The molecule has 0 saturated heterocycles. The maximum atomic E-state index is 13.1. The van der Waals surface area contributed by atoms with Crippen molar-refractivity contribution in [3.05, 3.63) is 95.0 Å². The molecule has 2 N–H and O–H groups in total. The number of nitrogens with one attached hydrogen (secondary N) is 2. The van der Waals surface area contributed by atoms with E-state index < -0.39 is 0 Å². The fourth-order valence-corrected chi connectivity index (χ4v) is 3.96. The molecule has 2 aromatic carbocycles. The van der Waals surface area contributed by atoms with Crippen LogP contribution >= 0.6 is 11.3 Å². The Kier molecular flexibility index (Phi) is 6.24. The smallest absolute Gasteiger partial charge is 0.259 e. The van der Waals surface area contributed by atoms with Crippen molar-refractivity contribution in [3.63, 3.8) is 0 Å². The van der Waals surface area contributed by atoms with Gasteiger partial charge in [-0.15, -0.1) is 11.3 Å². The summed E-state index contributed by atoms with van der Waals surface area (Å²) in [6.45, 7) is 2.97. The predicted octanol–water partition coefficient (Wildman–Crippen LogP) is 4.66. The minimum Gasteiger partial charge on any atom is -0.352 e. The maximum absolute atomic E-state index is 13.1. The molecule has 6 nitrogen and oxygen atoms in total. The fraction of sp³-hybridized carbons (Fsp3) is 0.125. The van der Waals surface area contributed by atoms with E-state index in [4.69, 9.17) is 0 Å². The van der Waals surface area contributed by atoms with E-state index in [1.54, 1.807) is 35.1 Å². The first-order chi connectivity index (χ1) is 15.1. The molecule has 31 heavy (non-hydrogen) atoms. The lowest BCUT2D eigenvalue weighted by molar-refractivity contribution is 0.0954. The molecule has 0 saturated carbocycles. The summed E-state index contributed by atoms with van der Waals surface area (Å²) in [5, 5.41) is 12.3. The van der Waals surface area contributed by atoms with E-state index in [9.17, 15) is 9.59 Å². The number of hydrogen-bond donors (Lipinski definition) is 2. The molecule has 7 heteroatoms. The summed E-state index contributed by atoms with van der Waals surface area (Å²) in [5.74, 6) is -0.440. The van der Waals surface area contributed by atoms with Gasteiger partial charge in [-0.2, -0.15) is 5.10 Å². The van der Waals surface area contributed by atoms with Crippen LogP contribution in [0.2, 0.25) is 0 Å². The minimum absolute atomic E-state index is 0.173. The third kappa shape index (κ3) is 4.90. The molecule has 4 rings (SSSR count). The molecule has 0 aliphatic heterocycles. The quantitative estimate of drug-likeness (QED) is 0.448. The van der Waals surface area contributed by atoms with Crippen LogP contribution in [-0.4, -0.2) is 28.1 Å². The van der Waals surface area contributed by atoms with Gasteiger partial charge in [-0.3, -0.25) is 14.3 Å². The molecular weight excluding hydrogens is 408 g/mol. The zero-order valence-electron chi connectivity index (χ0n) is 17.0. The molecule has 0 bridgehead atoms. The van der Waals surface area contributed by atoms with Gasteiger partial charge in [0.25, 0.3) is 11.8 Å². The van der Waals surface area contributed by atoms with Crippen LogP contribution in [0.3, 0.4) is 0 Å². The number of anilines is 1. The van der Waals surface area contributed by atoms with Crippen LogP contribution in [0.5, 0.6) is 0 Å². The first kappa shape index (κ1) is 20.6. The van der Waals surface area contributed by atoms with Crippen LogP contribution < -0.4 is 10.6 Å². The number of carbonyl (C=O) groups is 2. The molecular formula is C24H22N4O2S. The van der Waals surface area contributed by atoms with E-state index in [0.29, 0.717) is 35.6 Å². The van der Waals surface area contributed by atoms with E-state index in [1.807, 2.05) is 54.8 Å². The average Bonchev–Trinajstić information content (AvgIpc) is 3.45. The Morgan fingerprint density at radius 1 is 1.00 bits per heavy atom. The van der Waals surface area contributed by atoms with Crippen LogP contribution in [0.1, 0.15) is 33.2 Å². The van der Waals surface area contributed by atoms with E-state index in [1.165, 1.54) is 11.3 Å². The number of rotatable bonds is 7. The zero-order valence-corrected chi connectivity index (χ0v) is 17.9. The standard InChI is InChI=1S/C24H22N4O2S/c1-2-25-23(29)18-10-6-11-19(14-18)26-24(30)20-16-28(15-17-8-4-3-5-9-17)27-22(20)21-12-7-13-31-21/h3-14,16H,2,15H2,1H3,(H,25,29)(H,26,30). The normalized spacial score (nSPS) is 10.6. The number of amides is 2. The third-order valence-corrected chi connectivity index (χ3v) is 5.54. The Hall–Kier alpha value is -3.71. The van der Waals surface area contributed by atoms with Gasteiger partial charge in [0.15, 0.2) is 0 Å². The Morgan fingerprint density at radius 2 is 1.84 bits per heavy atom. The second-order valence-corrected chi connectivity index (χ2v) is 7.89. The maximum Gasteiger partial charge on any atom is 0.259 e. The van der Waals surface area contributed by atoms with E-state index in [-0.39, 0.29) is 11.8 Å². The van der Waals surface area contributed by atoms with Crippen LogP contribution in [-0.2, 0) is 6.54 Å². The summed E-state index contributed by atoms with van der Waals surface area (Å²) in [6, 6.07) is 20.8. The van der Waals surface area contributed by atoms with Gasteiger partial charge in [0.1, 0.15) is 5.69 Å². The van der Waals surface area contributed by atoms with Gasteiger partial charge in [0.2, 0.25) is 0 Å². The van der Waals surface area contributed by atoms with Crippen LogP contribution in [0.25, 0.3) is 10.6 Å². The van der Waals surface area contributed by atoms with Crippen molar-refractivity contribution in [1.29, 1.82) is 0 Å². The number of benzene rings is 2. The van der Waals surface area contributed by atoms with E-state index in [0.717, 1.165) is 10.4 Å². The summed E-state index contributed by atoms with van der Waals surface area (Å²) in [7, 11) is 0. The van der Waals surface area contributed by atoms with Crippen molar-refractivity contribution in [3.8, 4) is 10.6 Å². The highest BCUT2D eigenvalue weighted by Crippen LogP contribution is 2.27. The lowest BCUT2D eigenvalue weighted by Crippen LogP contribution is -2.22. The summed E-state index contributed by atoms with van der Waals surface area (Å²) >= 11 is 1.54. The summed E-state index contributed by atoms with van der Waals surface area (Å²) in [6.07, 6.45) is 1.77. The Labute approximate surface area is 184 Å². The highest BCUT2D eigenvalue weighted by molar-refractivity contribution is 7.13. The molecule has 0 spiro atoms. The van der Waals surface area contributed by atoms with Gasteiger partial charge in [0.05, 0.1) is 17.0 Å². The first-order valence-electron chi connectivity index (χ1n) is 9.99. The van der Waals surface area contributed by atoms with Crippen LogP contribution in [0.15, 0.2) is 78.3 Å². The van der Waals surface area contributed by atoms with Gasteiger partial charge in [-0.25, -0.2) is 0 Å². The molecule has 0 atom stereocenters. The second kappa shape index (κ2) is 9.40. The van der Waals surface area contributed by atoms with Crippen LogP contribution in [0.4, 0.5) is 5.69 Å². The van der Waals surface area contributed by atoms with Crippen LogP contribution in [0, 0.1) is 0 Å². The molecule has 0 aliphatic carbocycles. The van der Waals surface area contributed by atoms with E-state index in [2.05, 4.69) is 15.7 Å². The highest BCUT2D eigenvalue weighted by atomic mass is 32.1. The van der Waals surface area contributed by atoms with Gasteiger partial charge >= 0.3 is 0 Å². The molecule has 2 heterocycles. The fourth-order valence-electron chi connectivity index (χ4n) is 3.23. The van der Waals surface area contributed by atoms with Gasteiger partial charge in [0, 0.05) is 24.0 Å². The SMILES string of the molecule is CCNC(=O)c1cccc(NC(=O)c2cn(Cc3ccccc3)nc2-c2cccs2)c1. The molecule has 2 amide bonds. The molecule has 4 aromatic rings. The van der Waals surface area contributed by atoms with Crippen molar-refractivity contribution in [2.75, 3.05) is 11.9 Å². The molecule has 0 unspecified atom stereocenters. The monoisotopic (exact) mass is 430 g/mol. The number of thiophene rings is 1. The second-order valence-electron chi connectivity index (χ2n) is 6.95. The summed E-state index contributed by atoms with van der Waals surface area (Å²) in [5.41, 5.74) is 3.29. The summed E-state index contributed by atoms with van der Waals surface area (Å²) < 4.78 is 1.78. The minimum atomic E-state index is -0.268. The van der Waals surface area contributed by atoms with Crippen molar-refractivity contribution in [2.24, 2.45) is 0 Å².